The molecular formula is C21H15NO4. The molecule has 0 unspecified atom stereocenters. The van der Waals surface area contributed by atoms with Gasteiger partial charge in [-0.05, 0) is 36.4 Å². The van der Waals surface area contributed by atoms with Gasteiger partial charge in [0.25, 0.3) is 0 Å². The Morgan fingerprint density at radius 3 is 1.92 bits per heavy atom. The van der Waals surface area contributed by atoms with Gasteiger partial charge in [0.15, 0.2) is 11.6 Å². The average molecular weight is 345 g/mol. The van der Waals surface area contributed by atoms with Gasteiger partial charge in [-0.15, -0.1) is 0 Å². The summed E-state index contributed by atoms with van der Waals surface area (Å²) in [6.07, 6.45) is 0. The highest BCUT2D eigenvalue weighted by atomic mass is 16.5. The number of ether oxygens (including phenoxy) is 2. The Labute approximate surface area is 150 Å². The lowest BCUT2D eigenvalue weighted by molar-refractivity contribution is 0.0977. The van der Waals surface area contributed by atoms with Gasteiger partial charge in [0, 0.05) is 16.8 Å². The number of benzene rings is 3. The van der Waals surface area contributed by atoms with Gasteiger partial charge in [-0.2, -0.15) is 0 Å². The molecule has 4 rings (SSSR count). The van der Waals surface area contributed by atoms with E-state index in [9.17, 15) is 9.59 Å². The van der Waals surface area contributed by atoms with E-state index in [1.807, 2.05) is 0 Å². The number of hydrogen-bond donors (Lipinski definition) is 1. The molecule has 3 aromatic rings. The molecule has 0 saturated carbocycles. The van der Waals surface area contributed by atoms with Crippen molar-refractivity contribution in [2.75, 3.05) is 12.8 Å². The lowest BCUT2D eigenvalue weighted by atomic mass is 9.83. The van der Waals surface area contributed by atoms with E-state index in [2.05, 4.69) is 0 Å². The molecule has 0 aromatic heterocycles. The zero-order valence-corrected chi connectivity index (χ0v) is 14.0. The van der Waals surface area contributed by atoms with E-state index >= 15 is 0 Å². The maximum absolute atomic E-state index is 13.0. The first-order valence-corrected chi connectivity index (χ1v) is 8.03. The van der Waals surface area contributed by atoms with Gasteiger partial charge in [-0.1, -0.05) is 24.3 Å². The molecule has 128 valence electrons. The van der Waals surface area contributed by atoms with Crippen LogP contribution in [0.4, 0.5) is 5.69 Å². The number of anilines is 1. The summed E-state index contributed by atoms with van der Waals surface area (Å²) >= 11 is 0. The highest BCUT2D eigenvalue weighted by Gasteiger charge is 2.34. The van der Waals surface area contributed by atoms with Crippen LogP contribution in [0, 0.1) is 0 Å². The van der Waals surface area contributed by atoms with E-state index in [1.165, 1.54) is 0 Å². The number of carbonyl (C=O) groups is 2. The van der Waals surface area contributed by atoms with Crippen molar-refractivity contribution >= 4 is 17.3 Å². The summed E-state index contributed by atoms with van der Waals surface area (Å²) in [5.41, 5.74) is 7.37. The second-order valence-corrected chi connectivity index (χ2v) is 5.88. The average Bonchev–Trinajstić information content (AvgIpc) is 2.68. The number of methoxy groups -OCH3 is 1. The topological polar surface area (TPSA) is 78.6 Å². The van der Waals surface area contributed by atoms with Crippen molar-refractivity contribution in [1.29, 1.82) is 0 Å². The monoisotopic (exact) mass is 345 g/mol. The number of rotatable bonds is 3. The minimum absolute atomic E-state index is 0.194. The first kappa shape index (κ1) is 15.9. The summed E-state index contributed by atoms with van der Waals surface area (Å²) in [6, 6.07) is 16.9. The molecule has 0 radical (unpaired) electrons. The smallest absolute Gasteiger partial charge is 0.198 e. The van der Waals surface area contributed by atoms with Crippen molar-refractivity contribution in [3.63, 3.8) is 0 Å². The van der Waals surface area contributed by atoms with Crippen LogP contribution >= 0.6 is 0 Å². The van der Waals surface area contributed by atoms with Crippen molar-refractivity contribution in [2.45, 2.75) is 0 Å². The predicted octanol–water partition coefficient (Wildman–Crippen LogP) is 3.85. The highest BCUT2D eigenvalue weighted by molar-refractivity contribution is 6.31. The highest BCUT2D eigenvalue weighted by Crippen LogP contribution is 2.38. The van der Waals surface area contributed by atoms with Crippen molar-refractivity contribution in [2.24, 2.45) is 0 Å². The standard InChI is InChI=1S/C21H15NO4/c1-25-12-6-8-13(9-7-12)26-17-11-10-16(22)18-19(17)21(24)15-5-3-2-4-14(15)20(18)23/h2-11H,22H2,1H3. The van der Waals surface area contributed by atoms with E-state index in [4.69, 9.17) is 15.2 Å². The van der Waals surface area contributed by atoms with Crippen molar-refractivity contribution in [3.8, 4) is 17.2 Å². The normalized spacial score (nSPS) is 12.3. The molecular weight excluding hydrogens is 330 g/mol. The fraction of sp³-hybridized carbons (Fsp3) is 0.0476. The molecule has 5 heteroatoms. The first-order chi connectivity index (χ1) is 12.6. The molecule has 0 saturated heterocycles. The van der Waals surface area contributed by atoms with Crippen molar-refractivity contribution < 1.29 is 19.1 Å². The van der Waals surface area contributed by atoms with E-state index in [0.717, 1.165) is 0 Å². The van der Waals surface area contributed by atoms with Crippen molar-refractivity contribution in [3.05, 3.63) is 82.9 Å². The molecule has 5 nitrogen and oxygen atoms in total. The van der Waals surface area contributed by atoms with E-state index in [1.54, 1.807) is 67.8 Å². The molecule has 1 aliphatic carbocycles. The van der Waals surface area contributed by atoms with E-state index in [-0.39, 0.29) is 28.4 Å². The van der Waals surface area contributed by atoms with Crippen LogP contribution in [0.15, 0.2) is 60.7 Å². The maximum atomic E-state index is 13.0. The molecule has 0 bridgehead atoms. The molecule has 0 aliphatic heterocycles. The summed E-state index contributed by atoms with van der Waals surface area (Å²) in [6.45, 7) is 0. The predicted molar refractivity (Wildman–Crippen MR) is 97.2 cm³/mol. The molecule has 2 N–H and O–H groups in total. The third-order valence-electron chi connectivity index (χ3n) is 4.36. The van der Waals surface area contributed by atoms with Gasteiger partial charge in [0.2, 0.25) is 0 Å². The van der Waals surface area contributed by atoms with Crippen LogP contribution in [0.5, 0.6) is 17.2 Å². The number of hydrogen-bond acceptors (Lipinski definition) is 5. The molecule has 0 amide bonds. The molecule has 1 aliphatic rings. The summed E-state index contributed by atoms with van der Waals surface area (Å²) in [7, 11) is 1.58. The summed E-state index contributed by atoms with van der Waals surface area (Å²) in [4.78, 5) is 25.9. The lowest BCUT2D eigenvalue weighted by Crippen LogP contribution is -2.23. The molecule has 0 atom stereocenters. The molecule has 0 fully saturated rings. The Balaban J connectivity index is 1.83. The van der Waals surface area contributed by atoms with E-state index in [0.29, 0.717) is 28.4 Å². The van der Waals surface area contributed by atoms with Crippen molar-refractivity contribution in [1.82, 2.24) is 0 Å². The number of carbonyl (C=O) groups excluding carboxylic acids is 2. The van der Waals surface area contributed by atoms with E-state index < -0.39 is 0 Å². The minimum Gasteiger partial charge on any atom is -0.497 e. The Bertz CT molecular complexity index is 1040. The molecule has 0 spiro atoms. The maximum Gasteiger partial charge on any atom is 0.198 e. The van der Waals surface area contributed by atoms with Gasteiger partial charge in [0.05, 0.1) is 18.2 Å². The fourth-order valence-corrected chi connectivity index (χ4v) is 3.07. The van der Waals surface area contributed by atoms with Gasteiger partial charge in [-0.3, -0.25) is 9.59 Å². The molecule has 3 aromatic carbocycles. The van der Waals surface area contributed by atoms with Crippen LogP contribution < -0.4 is 15.2 Å². The fourth-order valence-electron chi connectivity index (χ4n) is 3.07. The van der Waals surface area contributed by atoms with Gasteiger partial charge in [-0.25, -0.2) is 0 Å². The first-order valence-electron chi connectivity index (χ1n) is 8.03. The van der Waals surface area contributed by atoms with Gasteiger partial charge in [0.1, 0.15) is 17.2 Å². The zero-order chi connectivity index (χ0) is 18.3. The second-order valence-electron chi connectivity index (χ2n) is 5.88. The quantitative estimate of drug-likeness (QED) is 0.571. The van der Waals surface area contributed by atoms with Crippen LogP contribution in [-0.2, 0) is 0 Å². The van der Waals surface area contributed by atoms with Gasteiger partial charge >= 0.3 is 0 Å². The third kappa shape index (κ3) is 2.41. The van der Waals surface area contributed by atoms with Crippen LogP contribution in [0.25, 0.3) is 0 Å². The summed E-state index contributed by atoms with van der Waals surface area (Å²) in [5, 5.41) is 0. The SMILES string of the molecule is COc1ccc(Oc2ccc(N)c3c2C(=O)c2ccccc2C3=O)cc1. The van der Waals surface area contributed by atoms with Crippen LogP contribution in [0.3, 0.4) is 0 Å². The third-order valence-corrected chi connectivity index (χ3v) is 4.36. The Morgan fingerprint density at radius 1 is 0.731 bits per heavy atom. The number of ketones is 2. The largest absolute Gasteiger partial charge is 0.497 e. The minimum atomic E-state index is -0.272. The number of nitrogens with two attached hydrogens (primary N) is 1. The molecule has 26 heavy (non-hydrogen) atoms. The van der Waals surface area contributed by atoms with Crippen LogP contribution in [0.1, 0.15) is 31.8 Å². The summed E-state index contributed by atoms with van der Waals surface area (Å²) < 4.78 is 11.0. The number of nitrogen functional groups attached to an aromatic ring is 1. The van der Waals surface area contributed by atoms with Crippen LogP contribution in [0.2, 0.25) is 0 Å². The Hall–Kier alpha value is -3.60. The lowest BCUT2D eigenvalue weighted by Gasteiger charge is -2.21. The van der Waals surface area contributed by atoms with Crippen LogP contribution in [-0.4, -0.2) is 18.7 Å². The Kier molecular flexibility index (Phi) is 3.69. The second kappa shape index (κ2) is 6.04. The zero-order valence-electron chi connectivity index (χ0n) is 14.0. The summed E-state index contributed by atoms with van der Waals surface area (Å²) in [5.74, 6) is 0.972. The van der Waals surface area contributed by atoms with Gasteiger partial charge < -0.3 is 15.2 Å². The number of fused-ring (bicyclic) bond motifs is 2. The molecule has 0 heterocycles. The Morgan fingerprint density at radius 2 is 1.31 bits per heavy atom.